The van der Waals surface area contributed by atoms with Crippen molar-refractivity contribution in [1.82, 2.24) is 20.0 Å². The van der Waals surface area contributed by atoms with Crippen LogP contribution in [0.2, 0.25) is 0 Å². The number of methoxy groups -OCH3 is 1. The van der Waals surface area contributed by atoms with Crippen LogP contribution in [0.1, 0.15) is 23.7 Å². The summed E-state index contributed by atoms with van der Waals surface area (Å²) in [5.74, 6) is 1.28. The van der Waals surface area contributed by atoms with Gasteiger partial charge in [-0.1, -0.05) is 12.1 Å². The van der Waals surface area contributed by atoms with Crippen molar-refractivity contribution in [2.24, 2.45) is 12.0 Å². The van der Waals surface area contributed by atoms with Crippen molar-refractivity contribution in [3.8, 4) is 5.75 Å². The van der Waals surface area contributed by atoms with Crippen molar-refractivity contribution in [3.63, 3.8) is 0 Å². The SMILES string of the molecule is CCNC(=NCc1cn(C)nc1C(F)(F)F)N(C)Cc1ccc(OC)cc1.I. The van der Waals surface area contributed by atoms with E-state index < -0.39 is 11.9 Å². The van der Waals surface area contributed by atoms with Crippen LogP contribution in [0.4, 0.5) is 13.2 Å². The summed E-state index contributed by atoms with van der Waals surface area (Å²) in [6, 6.07) is 7.58. The van der Waals surface area contributed by atoms with Crippen molar-refractivity contribution in [1.29, 1.82) is 0 Å². The van der Waals surface area contributed by atoms with E-state index in [-0.39, 0.29) is 36.1 Å². The van der Waals surface area contributed by atoms with Gasteiger partial charge >= 0.3 is 6.18 Å². The van der Waals surface area contributed by atoms with Gasteiger partial charge < -0.3 is 15.0 Å². The summed E-state index contributed by atoms with van der Waals surface area (Å²) < 4.78 is 45.5. The number of halogens is 4. The molecule has 10 heteroatoms. The minimum Gasteiger partial charge on any atom is -0.497 e. The molecule has 1 N–H and O–H groups in total. The molecule has 2 aromatic rings. The smallest absolute Gasteiger partial charge is 0.435 e. The van der Waals surface area contributed by atoms with Crippen molar-refractivity contribution in [2.45, 2.75) is 26.2 Å². The van der Waals surface area contributed by atoms with Gasteiger partial charge in [-0.2, -0.15) is 18.3 Å². The van der Waals surface area contributed by atoms with Gasteiger partial charge in [0.05, 0.1) is 13.7 Å². The minimum atomic E-state index is -4.50. The van der Waals surface area contributed by atoms with Gasteiger partial charge in [-0.3, -0.25) is 4.68 Å². The molecular formula is C18H25F3IN5O. The number of hydrogen-bond acceptors (Lipinski definition) is 3. The largest absolute Gasteiger partial charge is 0.497 e. The van der Waals surface area contributed by atoms with E-state index in [4.69, 9.17) is 4.74 Å². The van der Waals surface area contributed by atoms with Crippen LogP contribution in [-0.4, -0.2) is 41.3 Å². The molecule has 0 radical (unpaired) electrons. The first-order valence-electron chi connectivity index (χ1n) is 8.46. The summed E-state index contributed by atoms with van der Waals surface area (Å²) in [6.07, 6.45) is -3.15. The summed E-state index contributed by atoms with van der Waals surface area (Å²) in [6.45, 7) is 2.94. The van der Waals surface area contributed by atoms with Crippen LogP contribution < -0.4 is 10.1 Å². The molecule has 0 saturated heterocycles. The molecule has 2 rings (SSSR count). The highest BCUT2D eigenvalue weighted by Crippen LogP contribution is 2.30. The Morgan fingerprint density at radius 1 is 1.29 bits per heavy atom. The molecule has 0 aliphatic rings. The van der Waals surface area contributed by atoms with Crippen LogP contribution in [-0.2, 0) is 26.3 Å². The lowest BCUT2D eigenvalue weighted by Gasteiger charge is -2.22. The van der Waals surface area contributed by atoms with Gasteiger partial charge in [-0.15, -0.1) is 24.0 Å². The van der Waals surface area contributed by atoms with E-state index in [1.54, 1.807) is 7.11 Å². The van der Waals surface area contributed by atoms with Gasteiger partial charge in [0.1, 0.15) is 5.75 Å². The molecule has 1 heterocycles. The fraction of sp³-hybridized carbons (Fsp3) is 0.444. The van der Waals surface area contributed by atoms with Crippen LogP contribution >= 0.6 is 24.0 Å². The molecule has 28 heavy (non-hydrogen) atoms. The highest BCUT2D eigenvalue weighted by atomic mass is 127. The maximum atomic E-state index is 13.1. The fourth-order valence-electron chi connectivity index (χ4n) is 2.60. The lowest BCUT2D eigenvalue weighted by molar-refractivity contribution is -0.142. The Bertz CT molecular complexity index is 775. The van der Waals surface area contributed by atoms with Gasteiger partial charge in [0.2, 0.25) is 0 Å². The minimum absolute atomic E-state index is 0. The third-order valence-corrected chi connectivity index (χ3v) is 3.85. The quantitative estimate of drug-likeness (QED) is 0.366. The van der Waals surface area contributed by atoms with Gasteiger partial charge in [0.25, 0.3) is 0 Å². The average Bonchev–Trinajstić information content (AvgIpc) is 3.00. The Morgan fingerprint density at radius 3 is 2.46 bits per heavy atom. The molecule has 0 aliphatic carbocycles. The molecule has 0 unspecified atom stereocenters. The number of hydrogen-bond donors (Lipinski definition) is 1. The number of guanidine groups is 1. The molecule has 1 aromatic carbocycles. The monoisotopic (exact) mass is 511 g/mol. The second-order valence-corrected chi connectivity index (χ2v) is 6.05. The maximum Gasteiger partial charge on any atom is 0.435 e. The summed E-state index contributed by atoms with van der Waals surface area (Å²) in [5, 5.41) is 6.61. The Morgan fingerprint density at radius 2 is 1.93 bits per heavy atom. The number of nitrogens with zero attached hydrogens (tertiary/aromatic N) is 4. The number of nitrogens with one attached hydrogen (secondary N) is 1. The molecule has 0 aliphatic heterocycles. The first kappa shape index (κ1) is 24.1. The molecule has 0 amide bonds. The second kappa shape index (κ2) is 10.5. The zero-order valence-electron chi connectivity index (χ0n) is 16.2. The zero-order valence-corrected chi connectivity index (χ0v) is 18.6. The van der Waals surface area contributed by atoms with Crippen molar-refractivity contribution in [3.05, 3.63) is 47.3 Å². The summed E-state index contributed by atoms with van der Waals surface area (Å²) in [5.41, 5.74) is 0.168. The lowest BCUT2D eigenvalue weighted by Crippen LogP contribution is -2.38. The normalized spacial score (nSPS) is 11.8. The zero-order chi connectivity index (χ0) is 20.0. The number of rotatable bonds is 6. The number of alkyl halides is 3. The van der Waals surface area contributed by atoms with Crippen molar-refractivity contribution in [2.75, 3.05) is 20.7 Å². The molecule has 0 atom stereocenters. The Balaban J connectivity index is 0.00000392. The van der Waals surface area contributed by atoms with Gasteiger partial charge in [0, 0.05) is 38.9 Å². The number of ether oxygens (including phenoxy) is 1. The standard InChI is InChI=1S/C18H24F3N5O.HI/c1-5-22-17(25(2)11-13-6-8-15(27-4)9-7-13)23-10-14-12-26(3)24-16(14)18(19,20)21;/h6-9,12H,5,10-11H2,1-4H3,(H,22,23);1H. The highest BCUT2D eigenvalue weighted by molar-refractivity contribution is 14.0. The molecule has 156 valence electrons. The summed E-state index contributed by atoms with van der Waals surface area (Å²) in [4.78, 5) is 6.21. The van der Waals surface area contributed by atoms with Gasteiger partial charge in [-0.05, 0) is 24.6 Å². The Labute approximate surface area is 179 Å². The topological polar surface area (TPSA) is 54.7 Å². The fourth-order valence-corrected chi connectivity index (χ4v) is 2.60. The van der Waals surface area contributed by atoms with Crippen LogP contribution in [0.5, 0.6) is 5.75 Å². The van der Waals surface area contributed by atoms with E-state index in [2.05, 4.69) is 15.4 Å². The molecular weight excluding hydrogens is 486 g/mol. The molecule has 0 spiro atoms. The molecule has 0 saturated carbocycles. The van der Waals surface area contributed by atoms with E-state index in [0.717, 1.165) is 16.0 Å². The predicted molar refractivity (Wildman–Crippen MR) is 113 cm³/mol. The van der Waals surface area contributed by atoms with E-state index in [1.807, 2.05) is 43.1 Å². The van der Waals surface area contributed by atoms with Crippen LogP contribution in [0.25, 0.3) is 0 Å². The van der Waals surface area contributed by atoms with Gasteiger partial charge in [0.15, 0.2) is 11.7 Å². The van der Waals surface area contributed by atoms with Gasteiger partial charge in [-0.25, -0.2) is 4.99 Å². The number of aryl methyl sites for hydroxylation is 1. The van der Waals surface area contributed by atoms with E-state index in [1.165, 1.54) is 13.2 Å². The first-order valence-corrected chi connectivity index (χ1v) is 8.46. The lowest BCUT2D eigenvalue weighted by atomic mass is 10.2. The van der Waals surface area contributed by atoms with Crippen LogP contribution in [0.15, 0.2) is 35.5 Å². The Kier molecular flexibility index (Phi) is 9.05. The third-order valence-electron chi connectivity index (χ3n) is 3.85. The Hall–Kier alpha value is -1.98. The molecule has 0 bridgehead atoms. The molecule has 1 aromatic heterocycles. The number of aliphatic imine (C=N–C) groups is 1. The molecule has 6 nitrogen and oxygen atoms in total. The average molecular weight is 511 g/mol. The number of aromatic nitrogens is 2. The van der Waals surface area contributed by atoms with E-state index in [0.29, 0.717) is 19.0 Å². The maximum absolute atomic E-state index is 13.1. The molecule has 0 fully saturated rings. The number of benzene rings is 1. The first-order chi connectivity index (χ1) is 12.7. The van der Waals surface area contributed by atoms with Crippen molar-refractivity contribution < 1.29 is 17.9 Å². The predicted octanol–water partition coefficient (Wildman–Crippen LogP) is 3.66. The van der Waals surface area contributed by atoms with Crippen molar-refractivity contribution >= 4 is 29.9 Å². The van der Waals surface area contributed by atoms with Crippen LogP contribution in [0.3, 0.4) is 0 Å². The third kappa shape index (κ3) is 6.57. The summed E-state index contributed by atoms with van der Waals surface area (Å²) in [7, 11) is 4.90. The highest BCUT2D eigenvalue weighted by Gasteiger charge is 2.36. The van der Waals surface area contributed by atoms with Crippen LogP contribution in [0, 0.1) is 0 Å². The van der Waals surface area contributed by atoms with E-state index in [9.17, 15) is 13.2 Å². The summed E-state index contributed by atoms with van der Waals surface area (Å²) >= 11 is 0. The second-order valence-electron chi connectivity index (χ2n) is 6.05. The van der Waals surface area contributed by atoms with E-state index >= 15 is 0 Å².